The molecule has 148 valence electrons. The minimum absolute atomic E-state index is 0. The number of amides is 1. The van der Waals surface area contributed by atoms with Gasteiger partial charge in [-0.2, -0.15) is 11.8 Å². The van der Waals surface area contributed by atoms with E-state index < -0.39 is 0 Å². The minimum atomic E-state index is 0. The Bertz CT molecular complexity index is 582. The zero-order valence-electron chi connectivity index (χ0n) is 15.4. The van der Waals surface area contributed by atoms with Crippen LogP contribution in [0, 0.1) is 12.8 Å². The minimum Gasteiger partial charge on any atom is -0.328 e. The quantitative estimate of drug-likeness (QED) is 0.777. The SMILES string of the molecule is Cc1cc(CN2CCSCC2)ccc1NC(=O)C1CCCC(N)C1.Cl.Cl. The third kappa shape index (κ3) is 6.61. The molecular formula is C19H31Cl2N3OS. The van der Waals surface area contributed by atoms with Crippen LogP contribution in [-0.2, 0) is 11.3 Å². The van der Waals surface area contributed by atoms with E-state index in [1.165, 1.54) is 30.2 Å². The summed E-state index contributed by atoms with van der Waals surface area (Å²) in [5, 5.41) is 3.12. The van der Waals surface area contributed by atoms with Gasteiger partial charge in [-0.3, -0.25) is 9.69 Å². The number of hydrogen-bond donors (Lipinski definition) is 2. The van der Waals surface area contributed by atoms with Crippen molar-refractivity contribution in [1.82, 2.24) is 4.90 Å². The molecule has 2 fully saturated rings. The van der Waals surface area contributed by atoms with E-state index in [4.69, 9.17) is 5.73 Å². The molecule has 3 N–H and O–H groups in total. The fraction of sp³-hybridized carbons (Fsp3) is 0.632. The maximum atomic E-state index is 12.5. The number of halogens is 2. The Morgan fingerprint density at radius 3 is 2.65 bits per heavy atom. The van der Waals surface area contributed by atoms with Crippen molar-refractivity contribution in [2.45, 2.75) is 45.2 Å². The molecule has 1 aliphatic heterocycles. The Kier molecular flexibility index (Phi) is 10.3. The fourth-order valence-corrected chi connectivity index (χ4v) is 4.66. The van der Waals surface area contributed by atoms with E-state index in [1.54, 1.807) is 0 Å². The standard InChI is InChI=1S/C19H29N3OS.2ClH/c1-14-11-15(13-22-7-9-24-10-8-22)5-6-18(14)21-19(23)16-3-2-4-17(20)12-16;;/h5-6,11,16-17H,2-4,7-10,12-13,20H2,1H3,(H,21,23);2*1H. The molecule has 2 unspecified atom stereocenters. The molecule has 1 saturated carbocycles. The summed E-state index contributed by atoms with van der Waals surface area (Å²) in [6.07, 6.45) is 3.89. The molecule has 1 amide bonds. The highest BCUT2D eigenvalue weighted by Crippen LogP contribution is 2.26. The maximum Gasteiger partial charge on any atom is 0.227 e. The molecule has 26 heavy (non-hydrogen) atoms. The van der Waals surface area contributed by atoms with Crippen LogP contribution in [0.25, 0.3) is 0 Å². The molecule has 0 bridgehead atoms. The summed E-state index contributed by atoms with van der Waals surface area (Å²) in [7, 11) is 0. The second-order valence-corrected chi connectivity index (χ2v) is 8.38. The number of rotatable bonds is 4. The summed E-state index contributed by atoms with van der Waals surface area (Å²) in [6.45, 7) is 5.43. The molecule has 1 aromatic rings. The van der Waals surface area contributed by atoms with E-state index in [0.717, 1.165) is 43.5 Å². The molecule has 0 radical (unpaired) electrons. The number of nitrogens with one attached hydrogen (secondary N) is 1. The molecule has 2 atom stereocenters. The summed E-state index contributed by atoms with van der Waals surface area (Å²) in [6, 6.07) is 6.60. The number of aryl methyl sites for hydroxylation is 1. The van der Waals surface area contributed by atoms with Crippen LogP contribution < -0.4 is 11.1 Å². The van der Waals surface area contributed by atoms with Crippen LogP contribution in [-0.4, -0.2) is 41.4 Å². The lowest BCUT2D eigenvalue weighted by Crippen LogP contribution is -2.34. The van der Waals surface area contributed by atoms with Crippen molar-refractivity contribution in [2.24, 2.45) is 11.7 Å². The van der Waals surface area contributed by atoms with Gasteiger partial charge in [0.15, 0.2) is 0 Å². The van der Waals surface area contributed by atoms with E-state index in [0.29, 0.717) is 0 Å². The van der Waals surface area contributed by atoms with E-state index in [2.05, 4.69) is 35.3 Å². The van der Waals surface area contributed by atoms with Crippen molar-refractivity contribution in [1.29, 1.82) is 0 Å². The van der Waals surface area contributed by atoms with Gasteiger partial charge in [-0.05, 0) is 43.4 Å². The Labute approximate surface area is 173 Å². The Morgan fingerprint density at radius 1 is 1.27 bits per heavy atom. The molecule has 1 aromatic carbocycles. The van der Waals surface area contributed by atoms with Gasteiger partial charge in [-0.1, -0.05) is 18.6 Å². The van der Waals surface area contributed by atoms with Crippen LogP contribution >= 0.6 is 36.6 Å². The van der Waals surface area contributed by atoms with Gasteiger partial charge in [0, 0.05) is 48.8 Å². The smallest absolute Gasteiger partial charge is 0.227 e. The molecule has 0 spiro atoms. The lowest BCUT2D eigenvalue weighted by molar-refractivity contribution is -0.120. The zero-order chi connectivity index (χ0) is 16.9. The van der Waals surface area contributed by atoms with Crippen LogP contribution in [0.4, 0.5) is 5.69 Å². The number of carbonyl (C=O) groups is 1. The van der Waals surface area contributed by atoms with Gasteiger partial charge < -0.3 is 11.1 Å². The molecule has 7 heteroatoms. The lowest BCUT2D eigenvalue weighted by atomic mass is 9.85. The number of thioether (sulfide) groups is 1. The Morgan fingerprint density at radius 2 is 2.00 bits per heavy atom. The van der Waals surface area contributed by atoms with Crippen LogP contribution in [0.1, 0.15) is 36.8 Å². The highest BCUT2D eigenvalue weighted by Gasteiger charge is 2.25. The van der Waals surface area contributed by atoms with E-state index in [-0.39, 0.29) is 42.7 Å². The monoisotopic (exact) mass is 419 g/mol. The summed E-state index contributed by atoms with van der Waals surface area (Å²) < 4.78 is 0. The summed E-state index contributed by atoms with van der Waals surface area (Å²) >= 11 is 2.04. The van der Waals surface area contributed by atoms with Crippen LogP contribution in [0.3, 0.4) is 0 Å². The predicted octanol–water partition coefficient (Wildman–Crippen LogP) is 3.84. The fourth-order valence-electron chi connectivity index (χ4n) is 3.68. The number of benzene rings is 1. The first-order valence-electron chi connectivity index (χ1n) is 9.08. The number of carbonyl (C=O) groups excluding carboxylic acids is 1. The molecular weight excluding hydrogens is 389 g/mol. The van der Waals surface area contributed by atoms with Crippen LogP contribution in [0.5, 0.6) is 0 Å². The molecule has 3 rings (SSSR count). The lowest BCUT2D eigenvalue weighted by Gasteiger charge is -2.27. The first-order valence-corrected chi connectivity index (χ1v) is 10.2. The zero-order valence-corrected chi connectivity index (χ0v) is 17.9. The molecule has 1 aliphatic carbocycles. The van der Waals surface area contributed by atoms with Crippen molar-refractivity contribution in [3.05, 3.63) is 29.3 Å². The van der Waals surface area contributed by atoms with Crippen molar-refractivity contribution in [3.63, 3.8) is 0 Å². The van der Waals surface area contributed by atoms with Gasteiger partial charge in [0.1, 0.15) is 0 Å². The first kappa shape index (κ1) is 23.6. The molecule has 1 saturated heterocycles. The third-order valence-corrected chi connectivity index (χ3v) is 6.09. The average Bonchev–Trinajstić information content (AvgIpc) is 2.58. The normalized spacial score (nSPS) is 23.5. The highest BCUT2D eigenvalue weighted by atomic mass is 35.5. The van der Waals surface area contributed by atoms with E-state index >= 15 is 0 Å². The van der Waals surface area contributed by atoms with Gasteiger partial charge in [0.25, 0.3) is 0 Å². The van der Waals surface area contributed by atoms with Crippen molar-refractivity contribution >= 4 is 48.2 Å². The second-order valence-electron chi connectivity index (χ2n) is 7.15. The highest BCUT2D eigenvalue weighted by molar-refractivity contribution is 7.99. The van der Waals surface area contributed by atoms with Crippen molar-refractivity contribution < 1.29 is 4.79 Å². The summed E-state index contributed by atoms with van der Waals surface area (Å²) in [4.78, 5) is 15.0. The number of hydrogen-bond acceptors (Lipinski definition) is 4. The third-order valence-electron chi connectivity index (χ3n) is 5.14. The second kappa shape index (κ2) is 11.4. The van der Waals surface area contributed by atoms with Gasteiger partial charge in [0.2, 0.25) is 5.91 Å². The van der Waals surface area contributed by atoms with Crippen LogP contribution in [0.2, 0.25) is 0 Å². The van der Waals surface area contributed by atoms with Gasteiger partial charge in [-0.15, -0.1) is 24.8 Å². The van der Waals surface area contributed by atoms with Gasteiger partial charge >= 0.3 is 0 Å². The van der Waals surface area contributed by atoms with E-state index in [1.807, 2.05) is 11.8 Å². The maximum absolute atomic E-state index is 12.5. The van der Waals surface area contributed by atoms with E-state index in [9.17, 15) is 4.79 Å². The molecule has 1 heterocycles. The summed E-state index contributed by atoms with van der Waals surface area (Å²) in [5.74, 6) is 2.67. The molecule has 2 aliphatic rings. The van der Waals surface area contributed by atoms with Crippen LogP contribution in [0.15, 0.2) is 18.2 Å². The number of nitrogens with two attached hydrogens (primary N) is 1. The predicted molar refractivity (Wildman–Crippen MR) is 117 cm³/mol. The number of anilines is 1. The average molecular weight is 420 g/mol. The van der Waals surface area contributed by atoms with Crippen molar-refractivity contribution in [2.75, 3.05) is 29.9 Å². The summed E-state index contributed by atoms with van der Waals surface area (Å²) in [5.41, 5.74) is 9.43. The topological polar surface area (TPSA) is 58.4 Å². The molecule has 0 aromatic heterocycles. The first-order chi connectivity index (χ1) is 11.6. The number of nitrogens with zero attached hydrogens (tertiary/aromatic N) is 1. The largest absolute Gasteiger partial charge is 0.328 e. The molecule has 4 nitrogen and oxygen atoms in total. The Hall–Kier alpha value is -0.460. The van der Waals surface area contributed by atoms with Gasteiger partial charge in [-0.25, -0.2) is 0 Å². The van der Waals surface area contributed by atoms with Gasteiger partial charge in [0.05, 0.1) is 0 Å². The Balaban J connectivity index is 0.00000169. The van der Waals surface area contributed by atoms with Crippen molar-refractivity contribution in [3.8, 4) is 0 Å².